The number of anilines is 1. The van der Waals surface area contributed by atoms with Crippen molar-refractivity contribution in [3.8, 4) is 11.3 Å². The van der Waals surface area contributed by atoms with Crippen molar-refractivity contribution in [3.63, 3.8) is 0 Å². The van der Waals surface area contributed by atoms with E-state index in [0.717, 1.165) is 17.0 Å². The number of halogens is 1. The highest BCUT2D eigenvalue weighted by Gasteiger charge is 2.06. The molecule has 0 radical (unpaired) electrons. The summed E-state index contributed by atoms with van der Waals surface area (Å²) in [6.45, 7) is 0.546. The molecular formula is C16H13ClN2O. The molecule has 0 fully saturated rings. The first-order valence-electron chi connectivity index (χ1n) is 6.31. The molecular weight excluding hydrogens is 272 g/mol. The first kappa shape index (κ1) is 12.8. The van der Waals surface area contributed by atoms with E-state index < -0.39 is 0 Å². The Morgan fingerprint density at radius 3 is 2.70 bits per heavy atom. The van der Waals surface area contributed by atoms with Gasteiger partial charge in [0.25, 0.3) is 0 Å². The van der Waals surface area contributed by atoms with Crippen LogP contribution in [0.25, 0.3) is 11.3 Å². The number of hydrogen-bond acceptors (Lipinski definition) is 3. The number of para-hydroxylation sites is 1. The molecule has 3 nitrogen and oxygen atoms in total. The SMILES string of the molecule is Clc1cccc(-c2cnc(CNc3ccccc3)o2)c1. The van der Waals surface area contributed by atoms with Crippen LogP contribution in [0.3, 0.4) is 0 Å². The molecule has 3 rings (SSSR count). The van der Waals surface area contributed by atoms with Crippen LogP contribution in [0.2, 0.25) is 5.02 Å². The maximum atomic E-state index is 5.97. The van der Waals surface area contributed by atoms with E-state index in [0.29, 0.717) is 17.5 Å². The summed E-state index contributed by atoms with van der Waals surface area (Å²) in [7, 11) is 0. The van der Waals surface area contributed by atoms with Crippen LogP contribution in [0.1, 0.15) is 5.89 Å². The summed E-state index contributed by atoms with van der Waals surface area (Å²) >= 11 is 5.97. The number of oxazole rings is 1. The van der Waals surface area contributed by atoms with E-state index in [1.807, 2.05) is 54.6 Å². The van der Waals surface area contributed by atoms with E-state index in [9.17, 15) is 0 Å². The molecule has 2 aromatic carbocycles. The second-order valence-electron chi connectivity index (χ2n) is 4.35. The Balaban J connectivity index is 1.71. The quantitative estimate of drug-likeness (QED) is 0.760. The first-order chi connectivity index (χ1) is 9.81. The molecule has 0 spiro atoms. The van der Waals surface area contributed by atoms with E-state index in [2.05, 4.69) is 10.3 Å². The Morgan fingerprint density at radius 2 is 1.90 bits per heavy atom. The number of rotatable bonds is 4. The largest absolute Gasteiger partial charge is 0.439 e. The molecule has 0 aliphatic heterocycles. The zero-order valence-electron chi connectivity index (χ0n) is 10.7. The second-order valence-corrected chi connectivity index (χ2v) is 4.78. The van der Waals surface area contributed by atoms with Crippen molar-refractivity contribution < 1.29 is 4.42 Å². The van der Waals surface area contributed by atoms with Gasteiger partial charge >= 0.3 is 0 Å². The highest BCUT2D eigenvalue weighted by molar-refractivity contribution is 6.30. The monoisotopic (exact) mass is 284 g/mol. The van der Waals surface area contributed by atoms with Crippen LogP contribution >= 0.6 is 11.6 Å². The fraction of sp³-hybridized carbons (Fsp3) is 0.0625. The van der Waals surface area contributed by atoms with Crippen molar-refractivity contribution in [1.29, 1.82) is 0 Å². The van der Waals surface area contributed by atoms with Gasteiger partial charge in [-0.2, -0.15) is 0 Å². The summed E-state index contributed by atoms with van der Waals surface area (Å²) in [5, 5.41) is 3.94. The maximum Gasteiger partial charge on any atom is 0.214 e. The summed E-state index contributed by atoms with van der Waals surface area (Å²) in [5.41, 5.74) is 1.96. The Bertz CT molecular complexity index is 694. The topological polar surface area (TPSA) is 38.1 Å². The van der Waals surface area contributed by atoms with Gasteiger partial charge in [0.2, 0.25) is 5.89 Å². The molecule has 1 N–H and O–H groups in total. The Labute approximate surface area is 122 Å². The summed E-state index contributed by atoms with van der Waals surface area (Å²) in [4.78, 5) is 4.27. The average Bonchev–Trinajstić information content (AvgIpc) is 2.95. The third-order valence-corrected chi connectivity index (χ3v) is 3.12. The fourth-order valence-electron chi connectivity index (χ4n) is 1.90. The van der Waals surface area contributed by atoms with Gasteiger partial charge in [0.1, 0.15) is 0 Å². The van der Waals surface area contributed by atoms with Gasteiger partial charge in [-0.3, -0.25) is 0 Å². The predicted molar refractivity (Wildman–Crippen MR) is 80.7 cm³/mol. The third kappa shape index (κ3) is 3.00. The van der Waals surface area contributed by atoms with Gasteiger partial charge in [-0.15, -0.1) is 0 Å². The Morgan fingerprint density at radius 1 is 1.05 bits per heavy atom. The summed E-state index contributed by atoms with van der Waals surface area (Å²) in [6.07, 6.45) is 1.72. The minimum atomic E-state index is 0.546. The molecule has 4 heteroatoms. The molecule has 20 heavy (non-hydrogen) atoms. The minimum Gasteiger partial charge on any atom is -0.439 e. The molecule has 0 saturated heterocycles. The molecule has 0 bridgehead atoms. The average molecular weight is 285 g/mol. The molecule has 1 aromatic heterocycles. The lowest BCUT2D eigenvalue weighted by molar-refractivity contribution is 0.516. The fourth-order valence-corrected chi connectivity index (χ4v) is 2.09. The van der Waals surface area contributed by atoms with Crippen LogP contribution in [-0.2, 0) is 6.54 Å². The van der Waals surface area contributed by atoms with Gasteiger partial charge in [0.05, 0.1) is 12.7 Å². The van der Waals surface area contributed by atoms with E-state index in [-0.39, 0.29) is 0 Å². The number of hydrogen-bond donors (Lipinski definition) is 1. The lowest BCUT2D eigenvalue weighted by Crippen LogP contribution is -1.98. The van der Waals surface area contributed by atoms with Crippen molar-refractivity contribution in [1.82, 2.24) is 4.98 Å². The van der Waals surface area contributed by atoms with Gasteiger partial charge in [0.15, 0.2) is 5.76 Å². The minimum absolute atomic E-state index is 0.546. The van der Waals surface area contributed by atoms with Gasteiger partial charge < -0.3 is 9.73 Å². The number of aromatic nitrogens is 1. The molecule has 0 unspecified atom stereocenters. The smallest absolute Gasteiger partial charge is 0.214 e. The molecule has 3 aromatic rings. The zero-order chi connectivity index (χ0) is 13.8. The zero-order valence-corrected chi connectivity index (χ0v) is 11.5. The number of nitrogens with zero attached hydrogens (tertiary/aromatic N) is 1. The van der Waals surface area contributed by atoms with Crippen molar-refractivity contribution in [2.24, 2.45) is 0 Å². The van der Waals surface area contributed by atoms with Gasteiger partial charge in [-0.25, -0.2) is 4.98 Å². The van der Waals surface area contributed by atoms with E-state index in [1.165, 1.54) is 0 Å². The van der Waals surface area contributed by atoms with Crippen molar-refractivity contribution in [2.45, 2.75) is 6.54 Å². The highest BCUT2D eigenvalue weighted by atomic mass is 35.5. The van der Waals surface area contributed by atoms with Gasteiger partial charge in [-0.1, -0.05) is 41.9 Å². The van der Waals surface area contributed by atoms with Crippen LogP contribution in [0, 0.1) is 0 Å². The van der Waals surface area contributed by atoms with Crippen LogP contribution in [0.4, 0.5) is 5.69 Å². The van der Waals surface area contributed by atoms with E-state index in [4.69, 9.17) is 16.0 Å². The van der Waals surface area contributed by atoms with Crippen LogP contribution in [-0.4, -0.2) is 4.98 Å². The van der Waals surface area contributed by atoms with Crippen LogP contribution in [0.5, 0.6) is 0 Å². The molecule has 0 amide bonds. The first-order valence-corrected chi connectivity index (χ1v) is 6.68. The van der Waals surface area contributed by atoms with E-state index >= 15 is 0 Å². The molecule has 100 valence electrons. The molecule has 0 atom stereocenters. The van der Waals surface area contributed by atoms with Gasteiger partial charge in [0, 0.05) is 16.3 Å². The van der Waals surface area contributed by atoms with Crippen molar-refractivity contribution >= 4 is 17.3 Å². The normalized spacial score (nSPS) is 10.4. The second kappa shape index (κ2) is 5.80. The molecule has 0 saturated carbocycles. The molecule has 0 aliphatic rings. The van der Waals surface area contributed by atoms with Gasteiger partial charge in [-0.05, 0) is 24.3 Å². The van der Waals surface area contributed by atoms with E-state index in [1.54, 1.807) is 6.20 Å². The summed E-state index contributed by atoms with van der Waals surface area (Å²) in [6, 6.07) is 17.5. The van der Waals surface area contributed by atoms with Crippen molar-refractivity contribution in [2.75, 3.05) is 5.32 Å². The predicted octanol–water partition coefficient (Wildman–Crippen LogP) is 4.61. The summed E-state index contributed by atoms with van der Waals surface area (Å²) < 4.78 is 5.71. The third-order valence-electron chi connectivity index (χ3n) is 2.88. The Hall–Kier alpha value is -2.26. The lowest BCUT2D eigenvalue weighted by Gasteiger charge is -2.02. The number of benzene rings is 2. The van der Waals surface area contributed by atoms with Crippen LogP contribution in [0.15, 0.2) is 65.2 Å². The molecule has 0 aliphatic carbocycles. The number of nitrogens with one attached hydrogen (secondary N) is 1. The highest BCUT2D eigenvalue weighted by Crippen LogP contribution is 2.23. The summed E-state index contributed by atoms with van der Waals surface area (Å²) in [5.74, 6) is 1.36. The van der Waals surface area contributed by atoms with Crippen molar-refractivity contribution in [3.05, 3.63) is 71.7 Å². The molecule has 1 heterocycles. The van der Waals surface area contributed by atoms with Crippen LogP contribution < -0.4 is 5.32 Å². The standard InChI is InChI=1S/C16H13ClN2O/c17-13-6-4-5-12(9-13)15-10-19-16(20-15)11-18-14-7-2-1-3-8-14/h1-10,18H,11H2. The Kier molecular flexibility index (Phi) is 3.70. The maximum absolute atomic E-state index is 5.97. The lowest BCUT2D eigenvalue weighted by atomic mass is 10.2.